The lowest BCUT2D eigenvalue weighted by molar-refractivity contribution is 0.610. The van der Waals surface area contributed by atoms with Crippen molar-refractivity contribution < 1.29 is 0 Å². The molecular weight excluding hydrogens is 212 g/mol. The maximum atomic E-state index is 5.56. The molecule has 0 radical (unpaired) electrons. The van der Waals surface area contributed by atoms with Gasteiger partial charge in [0.25, 0.3) is 0 Å². The Morgan fingerprint density at radius 2 is 2.43 bits per heavy atom. The topological polar surface area (TPSA) is 38.0 Å². The van der Waals surface area contributed by atoms with Crippen molar-refractivity contribution in [3.05, 3.63) is 21.9 Å². The Balaban J connectivity index is 2.50. The van der Waals surface area contributed by atoms with Crippen molar-refractivity contribution in [1.29, 1.82) is 0 Å². The number of hydrazine groups is 1. The minimum absolute atomic E-state index is 0.304. The van der Waals surface area contributed by atoms with Gasteiger partial charge in [-0.1, -0.05) is 6.92 Å². The van der Waals surface area contributed by atoms with Crippen LogP contribution in [0.3, 0.4) is 0 Å². The maximum Gasteiger partial charge on any atom is 0.0561 e. The molecule has 4 heteroatoms. The molecule has 1 atom stereocenters. The highest BCUT2D eigenvalue weighted by Gasteiger charge is 2.12. The second-order valence-electron chi connectivity index (χ2n) is 3.23. The highest BCUT2D eigenvalue weighted by molar-refractivity contribution is 7.99. The van der Waals surface area contributed by atoms with Crippen LogP contribution in [0, 0.1) is 6.92 Å². The van der Waals surface area contributed by atoms with E-state index in [9.17, 15) is 0 Å². The van der Waals surface area contributed by atoms with Gasteiger partial charge >= 0.3 is 0 Å². The van der Waals surface area contributed by atoms with E-state index in [0.29, 0.717) is 6.04 Å². The molecule has 0 spiro atoms. The van der Waals surface area contributed by atoms with Gasteiger partial charge in [-0.25, -0.2) is 0 Å². The zero-order chi connectivity index (χ0) is 10.4. The summed E-state index contributed by atoms with van der Waals surface area (Å²) >= 11 is 3.74. The van der Waals surface area contributed by atoms with E-state index >= 15 is 0 Å². The first-order valence-corrected chi connectivity index (χ1v) is 6.90. The van der Waals surface area contributed by atoms with Crippen LogP contribution in [0.25, 0.3) is 0 Å². The molecule has 0 aliphatic rings. The molecule has 1 aromatic rings. The summed E-state index contributed by atoms with van der Waals surface area (Å²) in [6.45, 7) is 4.35. The van der Waals surface area contributed by atoms with Crippen molar-refractivity contribution >= 4 is 23.1 Å². The summed E-state index contributed by atoms with van der Waals surface area (Å²) in [7, 11) is 0. The van der Waals surface area contributed by atoms with E-state index < -0.39 is 0 Å². The molecule has 0 fully saturated rings. The largest absolute Gasteiger partial charge is 0.271 e. The molecule has 3 N–H and O–H groups in total. The third kappa shape index (κ3) is 3.28. The molecule has 2 nitrogen and oxygen atoms in total. The standard InChI is InChI=1S/C10H18N2S2/c1-3-5-13-7-10(12-11)9-4-6-14-8(9)2/h4,6,10,12H,3,5,7,11H2,1-2H3. The van der Waals surface area contributed by atoms with Crippen LogP contribution < -0.4 is 11.3 Å². The molecule has 0 saturated heterocycles. The van der Waals surface area contributed by atoms with Crippen LogP contribution >= 0.6 is 23.1 Å². The molecule has 0 bridgehead atoms. The Kier molecular flexibility index (Phi) is 5.55. The summed E-state index contributed by atoms with van der Waals surface area (Å²) in [5.41, 5.74) is 4.24. The van der Waals surface area contributed by atoms with Crippen molar-refractivity contribution in [3.8, 4) is 0 Å². The second kappa shape index (κ2) is 6.45. The van der Waals surface area contributed by atoms with Gasteiger partial charge in [-0.05, 0) is 36.1 Å². The van der Waals surface area contributed by atoms with Gasteiger partial charge in [-0.3, -0.25) is 11.3 Å². The Morgan fingerprint density at radius 1 is 1.64 bits per heavy atom. The predicted molar refractivity (Wildman–Crippen MR) is 66.7 cm³/mol. The summed E-state index contributed by atoms with van der Waals surface area (Å²) in [6.07, 6.45) is 1.23. The molecule has 1 unspecified atom stereocenters. The van der Waals surface area contributed by atoms with Crippen LogP contribution in [-0.2, 0) is 0 Å². The van der Waals surface area contributed by atoms with Crippen molar-refractivity contribution in [2.45, 2.75) is 26.3 Å². The molecule has 0 aromatic carbocycles. The van der Waals surface area contributed by atoms with Crippen LogP contribution in [0.1, 0.15) is 29.8 Å². The monoisotopic (exact) mass is 230 g/mol. The molecule has 14 heavy (non-hydrogen) atoms. The number of rotatable bonds is 6. The molecular formula is C10H18N2S2. The third-order valence-electron chi connectivity index (χ3n) is 2.11. The van der Waals surface area contributed by atoms with Crippen LogP contribution in [0.2, 0.25) is 0 Å². The van der Waals surface area contributed by atoms with Crippen LogP contribution in [0.4, 0.5) is 0 Å². The lowest BCUT2D eigenvalue weighted by Gasteiger charge is -2.15. The molecule has 0 aliphatic heterocycles. The number of hydrogen-bond acceptors (Lipinski definition) is 4. The minimum atomic E-state index is 0.304. The van der Waals surface area contributed by atoms with E-state index in [1.165, 1.54) is 22.6 Å². The summed E-state index contributed by atoms with van der Waals surface area (Å²) in [5.74, 6) is 7.82. The van der Waals surface area contributed by atoms with Gasteiger partial charge in [-0.15, -0.1) is 11.3 Å². The molecule has 80 valence electrons. The van der Waals surface area contributed by atoms with Crippen LogP contribution in [0.5, 0.6) is 0 Å². The summed E-state index contributed by atoms with van der Waals surface area (Å²) in [5, 5.41) is 2.12. The number of thioether (sulfide) groups is 1. The first-order chi connectivity index (χ1) is 6.79. The normalized spacial score (nSPS) is 13.1. The SMILES string of the molecule is CCCSCC(NN)c1ccsc1C. The van der Waals surface area contributed by atoms with Gasteiger partial charge in [0.2, 0.25) is 0 Å². The zero-order valence-electron chi connectivity index (χ0n) is 8.75. The Hall–Kier alpha value is -0.0300. The number of aryl methyl sites for hydroxylation is 1. The van der Waals surface area contributed by atoms with Crippen LogP contribution in [-0.4, -0.2) is 11.5 Å². The highest BCUT2D eigenvalue weighted by Crippen LogP contribution is 2.24. The number of thiophene rings is 1. The molecule has 1 heterocycles. The number of nitrogens with two attached hydrogens (primary N) is 1. The zero-order valence-corrected chi connectivity index (χ0v) is 10.4. The first kappa shape index (κ1) is 12.0. The Labute approximate surface area is 94.2 Å². The van der Waals surface area contributed by atoms with Crippen LogP contribution in [0.15, 0.2) is 11.4 Å². The average molecular weight is 230 g/mol. The fraction of sp³-hybridized carbons (Fsp3) is 0.600. The second-order valence-corrected chi connectivity index (χ2v) is 5.50. The number of hydrogen-bond donors (Lipinski definition) is 2. The minimum Gasteiger partial charge on any atom is -0.271 e. The van der Waals surface area contributed by atoms with E-state index in [-0.39, 0.29) is 0 Å². The maximum absolute atomic E-state index is 5.56. The lowest BCUT2D eigenvalue weighted by Crippen LogP contribution is -2.29. The quantitative estimate of drug-likeness (QED) is 0.448. The average Bonchev–Trinajstić information content (AvgIpc) is 2.60. The molecule has 0 amide bonds. The van der Waals surface area contributed by atoms with Gasteiger partial charge in [0.05, 0.1) is 6.04 Å². The van der Waals surface area contributed by atoms with Gasteiger partial charge < -0.3 is 0 Å². The molecule has 0 saturated carbocycles. The van der Waals surface area contributed by atoms with Crippen molar-refractivity contribution in [2.24, 2.45) is 5.84 Å². The fourth-order valence-electron chi connectivity index (χ4n) is 1.33. The first-order valence-electron chi connectivity index (χ1n) is 4.87. The predicted octanol–water partition coefficient (Wildman–Crippen LogP) is 2.70. The Morgan fingerprint density at radius 3 is 2.93 bits per heavy atom. The van der Waals surface area contributed by atoms with E-state index in [0.717, 1.165) is 5.75 Å². The molecule has 1 rings (SSSR count). The van der Waals surface area contributed by atoms with Crippen molar-refractivity contribution in [3.63, 3.8) is 0 Å². The number of nitrogens with one attached hydrogen (secondary N) is 1. The lowest BCUT2D eigenvalue weighted by atomic mass is 10.1. The van der Waals surface area contributed by atoms with Crippen molar-refractivity contribution in [2.75, 3.05) is 11.5 Å². The van der Waals surface area contributed by atoms with E-state index in [2.05, 4.69) is 30.7 Å². The van der Waals surface area contributed by atoms with Gasteiger partial charge in [0, 0.05) is 10.6 Å². The van der Waals surface area contributed by atoms with Gasteiger partial charge in [0.15, 0.2) is 0 Å². The summed E-state index contributed by atoms with van der Waals surface area (Å²) < 4.78 is 0. The summed E-state index contributed by atoms with van der Waals surface area (Å²) in [6, 6.07) is 2.47. The summed E-state index contributed by atoms with van der Waals surface area (Å²) in [4.78, 5) is 1.37. The smallest absolute Gasteiger partial charge is 0.0561 e. The molecule has 0 aliphatic carbocycles. The third-order valence-corrected chi connectivity index (χ3v) is 4.24. The van der Waals surface area contributed by atoms with Crippen molar-refractivity contribution in [1.82, 2.24) is 5.43 Å². The highest BCUT2D eigenvalue weighted by atomic mass is 32.2. The van der Waals surface area contributed by atoms with Gasteiger partial charge in [0.1, 0.15) is 0 Å². The van der Waals surface area contributed by atoms with E-state index in [1.54, 1.807) is 11.3 Å². The van der Waals surface area contributed by atoms with E-state index in [4.69, 9.17) is 5.84 Å². The Bertz CT molecular complexity index is 260. The van der Waals surface area contributed by atoms with Gasteiger partial charge in [-0.2, -0.15) is 11.8 Å². The fourth-order valence-corrected chi connectivity index (χ4v) is 3.06. The molecule has 1 aromatic heterocycles. The van der Waals surface area contributed by atoms with E-state index in [1.807, 2.05) is 11.8 Å².